The molecule has 1 aliphatic carbocycles. The number of nitrogens with one attached hydrogen (secondary N) is 3. The SMILES string of the molecule is CC(O)C(NC(=O)C(Cc1ccccc1)NC(=O)C(Cc1ccccc1)NC(=O)OCC1c2ccccc2-c2ccccc21)C(N)=O. The Morgan fingerprint density at radius 3 is 1.62 bits per heavy atom. The highest BCUT2D eigenvalue weighted by Crippen LogP contribution is 2.44. The van der Waals surface area contributed by atoms with Crippen molar-refractivity contribution in [3.63, 3.8) is 0 Å². The Bertz CT molecular complexity index is 1670. The van der Waals surface area contributed by atoms with E-state index in [1.165, 1.54) is 6.92 Å². The van der Waals surface area contributed by atoms with Crippen LogP contribution in [0, 0.1) is 0 Å². The average Bonchev–Trinajstić information content (AvgIpc) is 3.39. The summed E-state index contributed by atoms with van der Waals surface area (Å²) in [5.74, 6) is -2.43. The van der Waals surface area contributed by atoms with Crippen molar-refractivity contribution in [3.05, 3.63) is 131 Å². The molecular weight excluding hydrogens is 596 g/mol. The first-order valence-electron chi connectivity index (χ1n) is 15.5. The van der Waals surface area contributed by atoms with E-state index in [1.54, 1.807) is 24.3 Å². The fourth-order valence-electron chi connectivity index (χ4n) is 5.86. The minimum Gasteiger partial charge on any atom is -0.449 e. The summed E-state index contributed by atoms with van der Waals surface area (Å²) in [4.78, 5) is 52.4. The van der Waals surface area contributed by atoms with Crippen LogP contribution in [0.2, 0.25) is 0 Å². The van der Waals surface area contributed by atoms with Gasteiger partial charge in [-0.05, 0) is 40.3 Å². The predicted octanol–water partition coefficient (Wildman–Crippen LogP) is 3.21. The van der Waals surface area contributed by atoms with Crippen molar-refractivity contribution in [2.75, 3.05) is 6.61 Å². The molecule has 0 bridgehead atoms. The number of benzene rings is 4. The fourth-order valence-corrected chi connectivity index (χ4v) is 5.86. The number of rotatable bonds is 13. The Labute approximate surface area is 273 Å². The van der Waals surface area contributed by atoms with Crippen molar-refractivity contribution in [2.24, 2.45) is 5.73 Å². The summed E-state index contributed by atoms with van der Waals surface area (Å²) in [5, 5.41) is 17.9. The molecule has 4 atom stereocenters. The number of nitrogens with two attached hydrogens (primary N) is 1. The van der Waals surface area contributed by atoms with Crippen LogP contribution >= 0.6 is 0 Å². The van der Waals surface area contributed by atoms with E-state index in [0.717, 1.165) is 33.4 Å². The smallest absolute Gasteiger partial charge is 0.407 e. The molecule has 0 fully saturated rings. The summed E-state index contributed by atoms with van der Waals surface area (Å²) in [6.07, 6.45) is -1.85. The molecule has 0 aliphatic heterocycles. The lowest BCUT2D eigenvalue weighted by molar-refractivity contribution is -0.133. The van der Waals surface area contributed by atoms with Gasteiger partial charge in [-0.1, -0.05) is 109 Å². The first-order chi connectivity index (χ1) is 22.7. The zero-order chi connectivity index (χ0) is 33.3. The summed E-state index contributed by atoms with van der Waals surface area (Å²) in [6, 6.07) is 30.5. The van der Waals surface area contributed by atoms with Gasteiger partial charge in [-0.25, -0.2) is 4.79 Å². The maximum atomic E-state index is 13.8. The maximum Gasteiger partial charge on any atom is 0.407 e. The Morgan fingerprint density at radius 1 is 0.681 bits per heavy atom. The van der Waals surface area contributed by atoms with Crippen molar-refractivity contribution >= 4 is 23.8 Å². The van der Waals surface area contributed by atoms with Crippen LogP contribution in [0.4, 0.5) is 4.79 Å². The minimum atomic E-state index is -1.36. The quantitative estimate of drug-likeness (QED) is 0.152. The molecule has 4 aromatic carbocycles. The van der Waals surface area contributed by atoms with Gasteiger partial charge in [0.15, 0.2) is 0 Å². The molecule has 1 aliphatic rings. The molecule has 4 unspecified atom stereocenters. The Hall–Kier alpha value is -5.48. The van der Waals surface area contributed by atoms with Crippen molar-refractivity contribution in [1.82, 2.24) is 16.0 Å². The number of hydrogen-bond acceptors (Lipinski definition) is 6. The molecule has 0 radical (unpaired) electrons. The Balaban J connectivity index is 1.33. The highest BCUT2D eigenvalue weighted by atomic mass is 16.5. The number of fused-ring (bicyclic) bond motifs is 3. The third kappa shape index (κ3) is 8.22. The van der Waals surface area contributed by atoms with Crippen LogP contribution in [-0.2, 0) is 32.0 Å². The number of aliphatic hydroxyl groups is 1. The standard InChI is InChI=1S/C37H38N4O6/c1-23(42)33(34(38)43)41-36(45)31(20-24-12-4-2-5-13-24)39-35(44)32(21-25-14-6-3-7-15-25)40-37(46)47-22-30-28-18-10-8-16-26(28)27-17-9-11-19-29(27)30/h2-19,23,30-33,42H,20-22H2,1H3,(H2,38,43)(H,39,44)(H,40,46)(H,41,45). The fraction of sp³-hybridized carbons (Fsp3) is 0.243. The molecule has 0 spiro atoms. The number of alkyl carbamates (subject to hydrolysis) is 1. The van der Waals surface area contributed by atoms with E-state index in [1.807, 2.05) is 84.9 Å². The Morgan fingerprint density at radius 2 is 1.13 bits per heavy atom. The monoisotopic (exact) mass is 634 g/mol. The summed E-state index contributed by atoms with van der Waals surface area (Å²) in [5.41, 5.74) is 11.2. The zero-order valence-electron chi connectivity index (χ0n) is 26.0. The maximum absolute atomic E-state index is 13.8. The summed E-state index contributed by atoms with van der Waals surface area (Å²) in [7, 11) is 0. The second-order valence-corrected chi connectivity index (χ2v) is 11.6. The van der Waals surface area contributed by atoms with Crippen molar-refractivity contribution in [3.8, 4) is 11.1 Å². The molecule has 0 saturated heterocycles. The molecule has 0 heterocycles. The first-order valence-corrected chi connectivity index (χ1v) is 15.5. The van der Waals surface area contributed by atoms with Crippen molar-refractivity contribution in [1.29, 1.82) is 0 Å². The number of ether oxygens (including phenoxy) is 1. The van der Waals surface area contributed by atoms with Crippen molar-refractivity contribution < 1.29 is 29.0 Å². The Kier molecular flexibility index (Phi) is 10.6. The van der Waals surface area contributed by atoms with Crippen LogP contribution in [0.5, 0.6) is 0 Å². The number of carbonyl (C=O) groups excluding carboxylic acids is 4. The molecule has 242 valence electrons. The molecule has 6 N–H and O–H groups in total. The normalized spacial score (nSPS) is 14.4. The van der Waals surface area contributed by atoms with Crippen LogP contribution in [0.15, 0.2) is 109 Å². The third-order valence-electron chi connectivity index (χ3n) is 8.24. The van der Waals surface area contributed by atoms with Gasteiger partial charge in [0.2, 0.25) is 17.7 Å². The number of hydrogen-bond donors (Lipinski definition) is 5. The molecule has 10 heteroatoms. The molecule has 4 amide bonds. The van der Waals surface area contributed by atoms with Gasteiger partial charge in [0, 0.05) is 18.8 Å². The third-order valence-corrected chi connectivity index (χ3v) is 8.24. The van der Waals surface area contributed by atoms with Gasteiger partial charge in [0.25, 0.3) is 0 Å². The van der Waals surface area contributed by atoms with E-state index < -0.39 is 48.0 Å². The number of aliphatic hydroxyl groups excluding tert-OH is 1. The van der Waals surface area contributed by atoms with E-state index in [-0.39, 0.29) is 25.4 Å². The lowest BCUT2D eigenvalue weighted by atomic mass is 9.98. The van der Waals surface area contributed by atoms with Gasteiger partial charge in [-0.2, -0.15) is 0 Å². The van der Waals surface area contributed by atoms with Gasteiger partial charge >= 0.3 is 6.09 Å². The summed E-state index contributed by atoms with van der Waals surface area (Å²) in [6.45, 7) is 1.39. The lowest BCUT2D eigenvalue weighted by Crippen LogP contribution is -2.59. The molecule has 5 rings (SSSR count). The van der Waals surface area contributed by atoms with E-state index in [9.17, 15) is 24.3 Å². The molecule has 4 aromatic rings. The zero-order valence-corrected chi connectivity index (χ0v) is 26.0. The van der Waals surface area contributed by atoms with E-state index in [2.05, 4.69) is 16.0 Å². The number of primary amides is 1. The minimum absolute atomic E-state index is 0.0619. The topological polar surface area (TPSA) is 160 Å². The summed E-state index contributed by atoms with van der Waals surface area (Å²) < 4.78 is 5.72. The number of carbonyl (C=O) groups is 4. The molecule has 0 saturated carbocycles. The van der Waals surface area contributed by atoms with Gasteiger partial charge < -0.3 is 31.5 Å². The average molecular weight is 635 g/mol. The second-order valence-electron chi connectivity index (χ2n) is 11.6. The van der Waals surface area contributed by atoms with Crippen LogP contribution < -0.4 is 21.7 Å². The van der Waals surface area contributed by atoms with Crippen LogP contribution in [0.1, 0.15) is 35.1 Å². The van der Waals surface area contributed by atoms with Gasteiger partial charge in [0.1, 0.15) is 24.7 Å². The predicted molar refractivity (Wildman–Crippen MR) is 177 cm³/mol. The lowest BCUT2D eigenvalue weighted by Gasteiger charge is -2.26. The van der Waals surface area contributed by atoms with Gasteiger partial charge in [-0.15, -0.1) is 0 Å². The van der Waals surface area contributed by atoms with E-state index in [0.29, 0.717) is 0 Å². The molecule has 0 aromatic heterocycles. The van der Waals surface area contributed by atoms with Crippen LogP contribution in [-0.4, -0.2) is 59.8 Å². The van der Waals surface area contributed by atoms with Gasteiger partial charge in [0.05, 0.1) is 6.10 Å². The number of amides is 4. The summed E-state index contributed by atoms with van der Waals surface area (Å²) >= 11 is 0. The largest absolute Gasteiger partial charge is 0.449 e. The molecular formula is C37H38N4O6. The van der Waals surface area contributed by atoms with E-state index in [4.69, 9.17) is 10.5 Å². The van der Waals surface area contributed by atoms with Crippen LogP contribution in [0.25, 0.3) is 11.1 Å². The highest BCUT2D eigenvalue weighted by molar-refractivity contribution is 5.94. The van der Waals surface area contributed by atoms with Gasteiger partial charge in [-0.3, -0.25) is 14.4 Å². The molecule has 47 heavy (non-hydrogen) atoms. The highest BCUT2D eigenvalue weighted by Gasteiger charge is 2.32. The first kappa shape index (κ1) is 32.9. The van der Waals surface area contributed by atoms with Crippen molar-refractivity contribution in [2.45, 2.75) is 49.9 Å². The second kappa shape index (κ2) is 15.2. The van der Waals surface area contributed by atoms with Crippen LogP contribution in [0.3, 0.4) is 0 Å². The van der Waals surface area contributed by atoms with E-state index >= 15 is 0 Å². The molecule has 10 nitrogen and oxygen atoms in total.